The number of nitrogens with zero attached hydrogens (tertiary/aromatic N) is 1. The monoisotopic (exact) mass is 301 g/mol. The van der Waals surface area contributed by atoms with Crippen molar-refractivity contribution in [1.29, 1.82) is 0 Å². The van der Waals surface area contributed by atoms with Crippen LogP contribution in [0.1, 0.15) is 24.5 Å². The van der Waals surface area contributed by atoms with Crippen LogP contribution in [0.2, 0.25) is 0 Å². The van der Waals surface area contributed by atoms with Crippen molar-refractivity contribution in [3.8, 4) is 0 Å². The second kappa shape index (κ2) is 6.08. The molecule has 0 aromatic heterocycles. The third-order valence-corrected chi connectivity index (χ3v) is 3.94. The van der Waals surface area contributed by atoms with Crippen LogP contribution in [-0.4, -0.2) is 29.8 Å². The lowest BCUT2D eigenvalue weighted by atomic mass is 9.96. The number of benzene rings is 1. The maximum Gasteiger partial charge on any atom is 0.270 e. The molecule has 0 N–H and O–H groups in total. The van der Waals surface area contributed by atoms with Gasteiger partial charge >= 0.3 is 0 Å². The first kappa shape index (κ1) is 15.2. The molecule has 5 heteroatoms. The predicted octanol–water partition coefficient (Wildman–Crippen LogP) is 3.43. The summed E-state index contributed by atoms with van der Waals surface area (Å²) in [5.74, 6) is -2.54. The fraction of sp³-hybridized carbons (Fsp3) is 0.533. The molecule has 1 fully saturated rings. The Bertz CT molecular complexity index is 487. The van der Waals surface area contributed by atoms with Crippen LogP contribution in [0.3, 0.4) is 0 Å². The van der Waals surface area contributed by atoms with Gasteiger partial charge in [-0.1, -0.05) is 18.2 Å². The van der Waals surface area contributed by atoms with Crippen LogP contribution in [0.5, 0.6) is 0 Å². The molecule has 20 heavy (non-hydrogen) atoms. The number of halogens is 3. The zero-order valence-corrected chi connectivity index (χ0v) is 12.2. The van der Waals surface area contributed by atoms with Crippen molar-refractivity contribution in [3.63, 3.8) is 0 Å². The van der Waals surface area contributed by atoms with E-state index in [1.54, 1.807) is 17.0 Å². The van der Waals surface area contributed by atoms with Crippen molar-refractivity contribution in [2.45, 2.75) is 25.7 Å². The molecule has 1 saturated heterocycles. The Morgan fingerprint density at radius 3 is 2.90 bits per heavy atom. The third kappa shape index (κ3) is 3.69. The molecule has 2 rings (SSSR count). The van der Waals surface area contributed by atoms with Gasteiger partial charge in [0, 0.05) is 25.6 Å². The van der Waals surface area contributed by atoms with E-state index in [0.29, 0.717) is 19.0 Å². The molecule has 0 spiro atoms. The van der Waals surface area contributed by atoms with Crippen LogP contribution >= 0.6 is 11.6 Å². The van der Waals surface area contributed by atoms with Crippen molar-refractivity contribution < 1.29 is 13.6 Å². The van der Waals surface area contributed by atoms with Crippen molar-refractivity contribution >= 4 is 17.5 Å². The highest BCUT2D eigenvalue weighted by molar-refractivity contribution is 6.27. The molecule has 110 valence electrons. The second-order valence-corrected chi connectivity index (χ2v) is 5.69. The Kier molecular flexibility index (Phi) is 4.63. The summed E-state index contributed by atoms with van der Waals surface area (Å²) in [4.78, 5) is 13.2. The molecular formula is C15H18ClF2NO. The van der Waals surface area contributed by atoms with Crippen LogP contribution in [0.15, 0.2) is 24.3 Å². The van der Waals surface area contributed by atoms with Crippen molar-refractivity contribution in [2.75, 3.05) is 19.0 Å². The molecule has 0 aliphatic carbocycles. The molecule has 0 bridgehead atoms. The summed E-state index contributed by atoms with van der Waals surface area (Å²) in [6, 6.07) is 6.54. The van der Waals surface area contributed by atoms with Gasteiger partial charge in [-0.3, -0.25) is 4.79 Å². The quantitative estimate of drug-likeness (QED) is 0.780. The third-order valence-electron chi connectivity index (χ3n) is 3.71. The Morgan fingerprint density at radius 1 is 1.50 bits per heavy atom. The van der Waals surface area contributed by atoms with Crippen molar-refractivity contribution in [3.05, 3.63) is 35.4 Å². The molecule has 1 amide bonds. The summed E-state index contributed by atoms with van der Waals surface area (Å²) in [5.41, 5.74) is 0.941. The highest BCUT2D eigenvalue weighted by atomic mass is 35.5. The molecule has 1 heterocycles. The zero-order chi connectivity index (χ0) is 14.8. The van der Waals surface area contributed by atoms with Crippen molar-refractivity contribution in [2.24, 2.45) is 5.92 Å². The summed E-state index contributed by atoms with van der Waals surface area (Å²) in [7, 11) is 0. The second-order valence-electron chi connectivity index (χ2n) is 5.42. The zero-order valence-electron chi connectivity index (χ0n) is 11.4. The van der Waals surface area contributed by atoms with E-state index in [2.05, 4.69) is 0 Å². The van der Waals surface area contributed by atoms with Crippen LogP contribution < -0.4 is 0 Å². The van der Waals surface area contributed by atoms with Gasteiger partial charge in [-0.2, -0.15) is 0 Å². The molecule has 2 nitrogen and oxygen atoms in total. The first-order valence-electron chi connectivity index (χ1n) is 6.71. The largest absolute Gasteiger partial charge is 0.341 e. The first-order valence-corrected chi connectivity index (χ1v) is 7.24. The Balaban J connectivity index is 2.00. The van der Waals surface area contributed by atoms with E-state index < -0.39 is 5.92 Å². The average Bonchev–Trinajstić information content (AvgIpc) is 2.85. The number of carbonyl (C=O) groups is 1. The maximum absolute atomic E-state index is 13.3. The molecule has 0 radical (unpaired) electrons. The average molecular weight is 302 g/mol. The van der Waals surface area contributed by atoms with Crippen LogP contribution in [0, 0.1) is 5.92 Å². The van der Waals surface area contributed by atoms with E-state index in [1.807, 2.05) is 6.07 Å². The van der Waals surface area contributed by atoms with E-state index in [1.165, 1.54) is 6.07 Å². The molecule has 1 aromatic rings. The minimum Gasteiger partial charge on any atom is -0.341 e. The SMILES string of the molecule is CC(F)(F)c1cccc(CC2CCN(C(=O)CCl)C2)c1. The summed E-state index contributed by atoms with van der Waals surface area (Å²) in [5, 5.41) is 0. The van der Waals surface area contributed by atoms with Gasteiger partial charge < -0.3 is 4.90 Å². The lowest BCUT2D eigenvalue weighted by Gasteiger charge is -2.16. The minimum absolute atomic E-state index is 0.00423. The number of amides is 1. The number of alkyl halides is 3. The van der Waals surface area contributed by atoms with Gasteiger partial charge in [-0.15, -0.1) is 11.6 Å². The van der Waals surface area contributed by atoms with Gasteiger partial charge in [0.05, 0.1) is 0 Å². The molecule has 1 aliphatic heterocycles. The standard InChI is InChI=1S/C15H18ClF2NO/c1-15(17,18)13-4-2-3-11(8-13)7-12-5-6-19(10-12)14(20)9-16/h2-4,8,12H,5-7,9-10H2,1H3. The fourth-order valence-corrected chi connectivity index (χ4v) is 2.78. The Labute approximate surface area is 122 Å². The fourth-order valence-electron chi connectivity index (χ4n) is 2.61. The molecule has 1 unspecified atom stereocenters. The van der Waals surface area contributed by atoms with Gasteiger partial charge in [-0.05, 0) is 30.4 Å². The molecule has 1 aromatic carbocycles. The first-order chi connectivity index (χ1) is 9.40. The van der Waals surface area contributed by atoms with Gasteiger partial charge in [0.1, 0.15) is 5.88 Å². The van der Waals surface area contributed by atoms with E-state index in [9.17, 15) is 13.6 Å². The molecule has 1 aliphatic rings. The Morgan fingerprint density at radius 2 is 2.25 bits per heavy atom. The lowest BCUT2D eigenvalue weighted by Crippen LogP contribution is -2.29. The van der Waals surface area contributed by atoms with Gasteiger partial charge in [0.15, 0.2) is 0 Å². The predicted molar refractivity (Wildman–Crippen MR) is 75.1 cm³/mol. The number of hydrogen-bond acceptors (Lipinski definition) is 1. The van der Waals surface area contributed by atoms with Crippen LogP contribution in [0.4, 0.5) is 8.78 Å². The summed E-state index contributed by atoms with van der Waals surface area (Å²) >= 11 is 5.54. The molecule has 0 saturated carbocycles. The van der Waals surface area contributed by atoms with Crippen LogP contribution in [0.25, 0.3) is 0 Å². The van der Waals surface area contributed by atoms with E-state index >= 15 is 0 Å². The van der Waals surface area contributed by atoms with Gasteiger partial charge in [0.2, 0.25) is 5.91 Å². The maximum atomic E-state index is 13.3. The number of carbonyl (C=O) groups excluding carboxylic acids is 1. The molecule has 1 atom stereocenters. The molecular weight excluding hydrogens is 284 g/mol. The normalized spacial score (nSPS) is 19.4. The topological polar surface area (TPSA) is 20.3 Å². The van der Waals surface area contributed by atoms with Crippen LogP contribution in [-0.2, 0) is 17.1 Å². The van der Waals surface area contributed by atoms with Gasteiger partial charge in [0.25, 0.3) is 5.92 Å². The van der Waals surface area contributed by atoms with E-state index in [-0.39, 0.29) is 17.4 Å². The van der Waals surface area contributed by atoms with E-state index in [4.69, 9.17) is 11.6 Å². The summed E-state index contributed by atoms with van der Waals surface area (Å²) in [6.45, 7) is 2.28. The minimum atomic E-state index is -2.81. The lowest BCUT2D eigenvalue weighted by molar-refractivity contribution is -0.127. The number of likely N-dealkylation sites (tertiary alicyclic amines) is 1. The highest BCUT2D eigenvalue weighted by Crippen LogP contribution is 2.29. The number of rotatable bonds is 4. The summed E-state index contributed by atoms with van der Waals surface area (Å²) in [6.07, 6.45) is 1.62. The number of hydrogen-bond donors (Lipinski definition) is 0. The Hall–Kier alpha value is -1.16. The smallest absolute Gasteiger partial charge is 0.270 e. The van der Waals surface area contributed by atoms with Crippen molar-refractivity contribution in [1.82, 2.24) is 4.90 Å². The summed E-state index contributed by atoms with van der Waals surface area (Å²) < 4.78 is 26.6. The van der Waals surface area contributed by atoms with E-state index in [0.717, 1.165) is 25.3 Å². The van der Waals surface area contributed by atoms with Gasteiger partial charge in [-0.25, -0.2) is 8.78 Å². The highest BCUT2D eigenvalue weighted by Gasteiger charge is 2.27.